The van der Waals surface area contributed by atoms with Gasteiger partial charge in [0.25, 0.3) is 0 Å². The molecule has 2 aromatic rings. The molecule has 2 aliphatic rings. The minimum absolute atomic E-state index is 0.551. The Morgan fingerprint density at radius 2 is 2.00 bits per heavy atom. The van der Waals surface area contributed by atoms with Crippen molar-refractivity contribution in [2.75, 3.05) is 44.2 Å². The van der Waals surface area contributed by atoms with Gasteiger partial charge in [-0.1, -0.05) is 12.1 Å². The van der Waals surface area contributed by atoms with Gasteiger partial charge in [-0.05, 0) is 30.1 Å². The molecule has 0 aliphatic carbocycles. The van der Waals surface area contributed by atoms with Gasteiger partial charge in [0.05, 0.1) is 17.4 Å². The summed E-state index contributed by atoms with van der Waals surface area (Å²) < 4.78 is 11.2. The van der Waals surface area contributed by atoms with Crippen molar-refractivity contribution in [2.24, 2.45) is 0 Å². The summed E-state index contributed by atoms with van der Waals surface area (Å²) in [4.78, 5) is 4.98. The Labute approximate surface area is 123 Å². The molecule has 2 fully saturated rings. The summed E-state index contributed by atoms with van der Waals surface area (Å²) in [5.41, 5.74) is 0. The topological polar surface area (TPSA) is 31.9 Å². The Morgan fingerprint density at radius 3 is 2.80 bits per heavy atom. The highest BCUT2D eigenvalue weighted by Crippen LogP contribution is 2.29. The highest BCUT2D eigenvalue weighted by atomic mass is 32.1. The molecule has 1 atom stereocenters. The van der Waals surface area contributed by atoms with E-state index in [1.165, 1.54) is 28.9 Å². The minimum Gasteiger partial charge on any atom is -0.373 e. The molecule has 1 unspecified atom stereocenters. The molecule has 0 spiro atoms. The van der Waals surface area contributed by atoms with Crippen molar-refractivity contribution in [2.45, 2.75) is 12.5 Å². The van der Waals surface area contributed by atoms with Crippen molar-refractivity contribution in [3.8, 4) is 0 Å². The van der Waals surface area contributed by atoms with Crippen LogP contribution in [0, 0.1) is 0 Å². The van der Waals surface area contributed by atoms with E-state index in [-0.39, 0.29) is 0 Å². The summed E-state index contributed by atoms with van der Waals surface area (Å²) in [6.07, 6.45) is 1.75. The van der Waals surface area contributed by atoms with Crippen LogP contribution in [0.1, 0.15) is 6.42 Å². The van der Waals surface area contributed by atoms with Gasteiger partial charge in [-0.15, -0.1) is 0 Å². The molecule has 0 N–H and O–H groups in total. The summed E-state index contributed by atoms with van der Waals surface area (Å²) in [5, 5.41) is 1.30. The van der Waals surface area contributed by atoms with Crippen molar-refractivity contribution in [3.63, 3.8) is 0 Å². The number of aromatic nitrogens is 1. The number of benzene rings is 1. The average molecular weight is 289 g/mol. The molecule has 3 heterocycles. The lowest BCUT2D eigenvalue weighted by Gasteiger charge is -2.35. The summed E-state index contributed by atoms with van der Waals surface area (Å²) in [7, 11) is 0. The van der Waals surface area contributed by atoms with Gasteiger partial charge in [-0.3, -0.25) is 4.90 Å². The van der Waals surface area contributed by atoms with Crippen LogP contribution in [0.4, 0.5) is 5.82 Å². The Morgan fingerprint density at radius 1 is 1.20 bits per heavy atom. The fourth-order valence-electron chi connectivity index (χ4n) is 2.85. The van der Waals surface area contributed by atoms with E-state index < -0.39 is 0 Å². The zero-order chi connectivity index (χ0) is 13.4. The van der Waals surface area contributed by atoms with E-state index in [1.807, 2.05) is 0 Å². The van der Waals surface area contributed by atoms with E-state index in [2.05, 4.69) is 38.4 Å². The Balaban J connectivity index is 1.40. The fraction of sp³-hybridized carbons (Fsp3) is 0.533. The summed E-state index contributed by atoms with van der Waals surface area (Å²) in [6, 6.07) is 8.53. The fourth-order valence-corrected chi connectivity index (χ4v) is 3.64. The van der Waals surface area contributed by atoms with Gasteiger partial charge in [-0.25, -0.2) is 0 Å². The number of anilines is 1. The lowest BCUT2D eigenvalue weighted by molar-refractivity contribution is 0.242. The first-order chi connectivity index (χ1) is 9.90. The number of epoxide rings is 1. The number of fused-ring (bicyclic) bond motifs is 1. The normalized spacial score (nSPS) is 23.4. The Kier molecular flexibility index (Phi) is 3.34. The number of piperazine rings is 1. The maximum atomic E-state index is 5.28. The first kappa shape index (κ1) is 12.6. The molecule has 0 saturated carbocycles. The molecule has 0 amide bonds. The van der Waals surface area contributed by atoms with Crippen LogP contribution in [-0.4, -0.2) is 54.7 Å². The van der Waals surface area contributed by atoms with Gasteiger partial charge in [0.2, 0.25) is 0 Å². The van der Waals surface area contributed by atoms with Crippen LogP contribution in [0.15, 0.2) is 24.3 Å². The quantitative estimate of drug-likeness (QED) is 0.808. The molecule has 1 aromatic heterocycles. The second-order valence-electron chi connectivity index (χ2n) is 5.58. The third-order valence-corrected chi connectivity index (χ3v) is 5.02. The van der Waals surface area contributed by atoms with Crippen LogP contribution >= 0.6 is 11.5 Å². The van der Waals surface area contributed by atoms with E-state index in [1.54, 1.807) is 11.5 Å². The molecule has 4 rings (SSSR count). The second-order valence-corrected chi connectivity index (χ2v) is 6.38. The maximum absolute atomic E-state index is 5.28. The first-order valence-corrected chi connectivity index (χ1v) is 8.11. The molecule has 106 valence electrons. The van der Waals surface area contributed by atoms with Gasteiger partial charge >= 0.3 is 0 Å². The van der Waals surface area contributed by atoms with Crippen LogP contribution in [0.5, 0.6) is 0 Å². The minimum atomic E-state index is 0.551. The van der Waals surface area contributed by atoms with E-state index in [0.717, 1.165) is 32.8 Å². The summed E-state index contributed by atoms with van der Waals surface area (Å²) in [5.74, 6) is 1.18. The second kappa shape index (κ2) is 5.31. The van der Waals surface area contributed by atoms with E-state index in [9.17, 15) is 0 Å². The Hall–Kier alpha value is -1.17. The van der Waals surface area contributed by atoms with Crippen LogP contribution in [-0.2, 0) is 4.74 Å². The van der Waals surface area contributed by atoms with Crippen molar-refractivity contribution >= 4 is 27.4 Å². The number of hydrogen-bond acceptors (Lipinski definition) is 5. The molecule has 4 nitrogen and oxygen atoms in total. The van der Waals surface area contributed by atoms with Crippen molar-refractivity contribution in [3.05, 3.63) is 24.3 Å². The number of nitrogens with zero attached hydrogens (tertiary/aromatic N) is 3. The summed E-state index contributed by atoms with van der Waals surface area (Å²) >= 11 is 1.61. The standard InChI is InChI=1S/C15H19N3OS/c1-2-4-14-13(3-1)15(16-20-14)18-9-7-17(8-10-18)6-5-12-11-19-12/h1-4,12H,5-11H2. The average Bonchev–Trinajstić information content (AvgIpc) is 3.23. The van der Waals surface area contributed by atoms with Crippen molar-refractivity contribution in [1.82, 2.24) is 9.27 Å². The molecule has 2 aliphatic heterocycles. The van der Waals surface area contributed by atoms with Gasteiger partial charge in [0.1, 0.15) is 5.82 Å². The number of hydrogen-bond donors (Lipinski definition) is 0. The van der Waals surface area contributed by atoms with Gasteiger partial charge in [-0.2, -0.15) is 4.37 Å². The van der Waals surface area contributed by atoms with Crippen LogP contribution in [0.2, 0.25) is 0 Å². The van der Waals surface area contributed by atoms with Crippen LogP contribution in [0.25, 0.3) is 10.1 Å². The number of ether oxygens (including phenoxy) is 1. The predicted molar refractivity (Wildman–Crippen MR) is 82.6 cm³/mol. The molecule has 2 saturated heterocycles. The predicted octanol–water partition coefficient (Wildman–Crippen LogP) is 2.21. The molecular weight excluding hydrogens is 270 g/mol. The largest absolute Gasteiger partial charge is 0.373 e. The molecule has 5 heteroatoms. The maximum Gasteiger partial charge on any atom is 0.150 e. The molecule has 20 heavy (non-hydrogen) atoms. The lowest BCUT2D eigenvalue weighted by atomic mass is 10.2. The van der Waals surface area contributed by atoms with Gasteiger partial charge in [0, 0.05) is 38.1 Å². The third-order valence-electron chi connectivity index (χ3n) is 4.20. The molecule has 0 radical (unpaired) electrons. The van der Waals surface area contributed by atoms with E-state index in [0.29, 0.717) is 6.10 Å². The van der Waals surface area contributed by atoms with Crippen LogP contribution < -0.4 is 4.90 Å². The molecule has 1 aromatic carbocycles. The first-order valence-electron chi connectivity index (χ1n) is 7.33. The monoisotopic (exact) mass is 289 g/mol. The van der Waals surface area contributed by atoms with Crippen molar-refractivity contribution < 1.29 is 4.74 Å². The zero-order valence-electron chi connectivity index (χ0n) is 11.5. The van der Waals surface area contributed by atoms with Crippen molar-refractivity contribution in [1.29, 1.82) is 0 Å². The highest BCUT2D eigenvalue weighted by molar-refractivity contribution is 7.13. The smallest absolute Gasteiger partial charge is 0.150 e. The van der Waals surface area contributed by atoms with Gasteiger partial charge in [0.15, 0.2) is 0 Å². The summed E-state index contributed by atoms with van der Waals surface area (Å²) in [6.45, 7) is 6.59. The van der Waals surface area contributed by atoms with E-state index in [4.69, 9.17) is 4.74 Å². The Bertz CT molecular complexity index is 588. The van der Waals surface area contributed by atoms with Gasteiger partial charge < -0.3 is 9.64 Å². The van der Waals surface area contributed by atoms with Crippen LogP contribution in [0.3, 0.4) is 0 Å². The zero-order valence-corrected chi connectivity index (χ0v) is 12.3. The number of rotatable bonds is 4. The third kappa shape index (κ3) is 2.53. The lowest BCUT2D eigenvalue weighted by Crippen LogP contribution is -2.47. The highest BCUT2D eigenvalue weighted by Gasteiger charge is 2.25. The molecule has 0 bridgehead atoms. The SMILES string of the molecule is c1ccc2c(N3CCN(CCC4CO4)CC3)nsc2c1. The van der Waals surface area contributed by atoms with E-state index >= 15 is 0 Å². The molecular formula is C15H19N3OS.